The predicted molar refractivity (Wildman–Crippen MR) is 67.5 cm³/mol. The van der Waals surface area contributed by atoms with Gasteiger partial charge in [-0.3, -0.25) is 0 Å². The smallest absolute Gasteiger partial charge is 0.872 e. The largest absolute Gasteiger partial charge is 2.00 e. The minimum Gasteiger partial charge on any atom is -0.872 e. The molecular formula is C12H10HgN2O5S. The molecule has 9 heteroatoms. The fourth-order valence-electron chi connectivity index (χ4n) is 1.31. The monoisotopic (exact) mass is 496 g/mol. The van der Waals surface area contributed by atoms with E-state index in [2.05, 4.69) is 10.2 Å². The average molecular weight is 495 g/mol. The van der Waals surface area contributed by atoms with E-state index in [0.29, 0.717) is 11.4 Å². The molecule has 2 aromatic carbocycles. The van der Waals surface area contributed by atoms with Gasteiger partial charge in [-0.05, 0) is 36.4 Å². The van der Waals surface area contributed by atoms with Crippen LogP contribution in [0.2, 0.25) is 0 Å². The Morgan fingerprint density at radius 3 is 1.62 bits per heavy atom. The van der Waals surface area contributed by atoms with Crippen molar-refractivity contribution in [2.24, 2.45) is 10.2 Å². The summed E-state index contributed by atoms with van der Waals surface area (Å²) in [6.45, 7) is 0. The van der Waals surface area contributed by atoms with E-state index in [0.717, 1.165) is 12.1 Å². The summed E-state index contributed by atoms with van der Waals surface area (Å²) in [5.74, 6) is -0.121. The molecule has 0 spiro atoms. The molecule has 0 bridgehead atoms. The van der Waals surface area contributed by atoms with Crippen LogP contribution in [-0.2, 0) is 37.8 Å². The number of hydrogen-bond donors (Lipinski definition) is 0. The van der Waals surface area contributed by atoms with Crippen molar-refractivity contribution in [1.82, 2.24) is 0 Å². The van der Waals surface area contributed by atoms with Gasteiger partial charge in [0.1, 0.15) is 10.1 Å². The molecule has 0 atom stereocenters. The Bertz CT molecular complexity index is 705. The van der Waals surface area contributed by atoms with E-state index in [9.17, 15) is 18.1 Å². The van der Waals surface area contributed by atoms with Gasteiger partial charge >= 0.3 is 29.1 Å². The maximum atomic E-state index is 10.9. The maximum Gasteiger partial charge on any atom is 2.00 e. The first kappa shape index (κ1) is 19.6. The van der Waals surface area contributed by atoms with Crippen LogP contribution in [0.1, 0.15) is 1.43 Å². The van der Waals surface area contributed by atoms with Crippen LogP contribution < -0.4 is 5.11 Å². The molecule has 0 amide bonds. The van der Waals surface area contributed by atoms with Gasteiger partial charge in [0.05, 0.1) is 16.3 Å². The fourth-order valence-corrected chi connectivity index (χ4v) is 1.78. The predicted octanol–water partition coefficient (Wildman–Crippen LogP) is 2.01. The summed E-state index contributed by atoms with van der Waals surface area (Å²) in [5, 5.41) is 18.6. The SMILES string of the molecule is O=S(=O)([O-])c1ccc(N=Nc2ccc([O-])cc2)cc1.[H+].[Hg+2].[OH-]. The quantitative estimate of drug-likeness (QED) is 0.365. The zero-order valence-corrected chi connectivity index (χ0v) is 17.0. The van der Waals surface area contributed by atoms with E-state index < -0.39 is 10.1 Å². The summed E-state index contributed by atoms with van der Waals surface area (Å²) in [6, 6.07) is 10.8. The zero-order chi connectivity index (χ0) is 13.9. The first-order valence-corrected chi connectivity index (χ1v) is 6.61. The minimum atomic E-state index is -4.45. The molecule has 0 aliphatic carbocycles. The number of rotatable bonds is 3. The topological polar surface area (TPSA) is 135 Å². The second-order valence-electron chi connectivity index (χ2n) is 3.64. The van der Waals surface area contributed by atoms with Gasteiger partial charge in [0.25, 0.3) is 0 Å². The summed E-state index contributed by atoms with van der Waals surface area (Å²) >= 11 is 0. The summed E-state index contributed by atoms with van der Waals surface area (Å²) in [6.07, 6.45) is 0. The zero-order valence-electron chi connectivity index (χ0n) is 11.7. The van der Waals surface area contributed by atoms with E-state index in [4.69, 9.17) is 0 Å². The van der Waals surface area contributed by atoms with Gasteiger partial charge in [0.15, 0.2) is 0 Å². The molecule has 0 heterocycles. The van der Waals surface area contributed by atoms with Gasteiger partial charge in [-0.1, -0.05) is 12.1 Å². The standard InChI is InChI=1S/C12H10N2O4S.Hg.H2O/c15-11-5-1-9(2-6-11)13-14-10-3-7-12(8-4-10)19(16,17)18;;/h1-8,15H,(H,16,17,18);;1H2/q;+2;/p-2. The normalized spacial score (nSPS) is 10.7. The van der Waals surface area contributed by atoms with Crippen LogP contribution in [0.15, 0.2) is 63.7 Å². The van der Waals surface area contributed by atoms with Crippen molar-refractivity contribution in [2.75, 3.05) is 0 Å². The molecule has 1 N–H and O–H groups in total. The third kappa shape index (κ3) is 5.88. The number of azo groups is 1. The van der Waals surface area contributed by atoms with Gasteiger partial charge in [-0.15, -0.1) is 5.75 Å². The number of hydrogen-bond acceptors (Lipinski definition) is 7. The van der Waals surface area contributed by atoms with Crippen LogP contribution in [0.4, 0.5) is 11.4 Å². The number of nitrogens with zero attached hydrogens (tertiary/aromatic N) is 2. The Kier molecular flexibility index (Phi) is 7.65. The molecule has 106 valence electrons. The molecule has 0 aliphatic rings. The molecule has 2 rings (SSSR count). The van der Waals surface area contributed by atoms with Gasteiger partial charge in [-0.25, -0.2) is 8.42 Å². The van der Waals surface area contributed by atoms with Crippen LogP contribution in [0.25, 0.3) is 0 Å². The Labute approximate surface area is 143 Å². The average Bonchev–Trinajstić information content (AvgIpc) is 2.37. The summed E-state index contributed by atoms with van der Waals surface area (Å²) in [7, 11) is -4.45. The van der Waals surface area contributed by atoms with Crippen molar-refractivity contribution >= 4 is 21.5 Å². The van der Waals surface area contributed by atoms with E-state index >= 15 is 0 Å². The van der Waals surface area contributed by atoms with Crippen LogP contribution in [0.5, 0.6) is 5.75 Å². The van der Waals surface area contributed by atoms with E-state index in [1.807, 2.05) is 0 Å². The minimum absolute atomic E-state index is 0. The first-order valence-electron chi connectivity index (χ1n) is 5.20. The van der Waals surface area contributed by atoms with Crippen molar-refractivity contribution < 1.29 is 52.6 Å². The van der Waals surface area contributed by atoms with Gasteiger partial charge in [-0.2, -0.15) is 10.2 Å². The third-order valence-electron chi connectivity index (χ3n) is 2.24. The van der Waals surface area contributed by atoms with Crippen LogP contribution in [0, 0.1) is 0 Å². The van der Waals surface area contributed by atoms with Gasteiger partial charge in [0.2, 0.25) is 0 Å². The molecule has 0 fully saturated rings. The molecule has 0 saturated carbocycles. The Morgan fingerprint density at radius 1 is 0.857 bits per heavy atom. The van der Waals surface area contributed by atoms with Crippen molar-refractivity contribution in [3.63, 3.8) is 0 Å². The summed E-state index contributed by atoms with van der Waals surface area (Å²) in [4.78, 5) is -0.317. The molecular weight excluding hydrogens is 485 g/mol. The van der Waals surface area contributed by atoms with Crippen LogP contribution in [-0.4, -0.2) is 18.4 Å². The molecule has 2 aromatic rings. The molecule has 0 aromatic heterocycles. The molecule has 0 radical (unpaired) electrons. The Balaban J connectivity index is 0. The van der Waals surface area contributed by atoms with Gasteiger partial charge in [0, 0.05) is 0 Å². The van der Waals surface area contributed by atoms with E-state index in [1.165, 1.54) is 36.4 Å². The third-order valence-corrected chi connectivity index (χ3v) is 3.09. The molecule has 0 aliphatic heterocycles. The van der Waals surface area contributed by atoms with Crippen molar-refractivity contribution in [3.8, 4) is 5.75 Å². The molecule has 0 saturated heterocycles. The number of benzene rings is 2. The fraction of sp³-hybridized carbons (Fsp3) is 0. The second kappa shape index (κ2) is 8.18. The van der Waals surface area contributed by atoms with Crippen molar-refractivity contribution in [1.29, 1.82) is 0 Å². The molecule has 0 unspecified atom stereocenters. The summed E-state index contributed by atoms with van der Waals surface area (Å²) < 4.78 is 32.1. The van der Waals surface area contributed by atoms with E-state index in [-0.39, 0.29) is 45.2 Å². The van der Waals surface area contributed by atoms with Crippen LogP contribution in [0.3, 0.4) is 0 Å². The first-order chi connectivity index (χ1) is 8.95. The van der Waals surface area contributed by atoms with Crippen molar-refractivity contribution in [2.45, 2.75) is 4.90 Å². The maximum absolute atomic E-state index is 10.9. The van der Waals surface area contributed by atoms with Crippen LogP contribution >= 0.6 is 0 Å². The van der Waals surface area contributed by atoms with Gasteiger partial charge < -0.3 is 15.1 Å². The molecule has 21 heavy (non-hydrogen) atoms. The van der Waals surface area contributed by atoms with Crippen molar-refractivity contribution in [3.05, 3.63) is 48.5 Å². The Morgan fingerprint density at radius 2 is 1.24 bits per heavy atom. The Hall–Kier alpha value is -1.35. The molecule has 7 nitrogen and oxygen atoms in total. The second-order valence-corrected chi connectivity index (χ2v) is 5.02. The van der Waals surface area contributed by atoms with E-state index in [1.54, 1.807) is 0 Å². The summed E-state index contributed by atoms with van der Waals surface area (Å²) in [5.41, 5.74) is 0.902.